The first-order valence-electron chi connectivity index (χ1n) is 5.69. The minimum Gasteiger partial charge on any atom is -0.0616 e. The van der Waals surface area contributed by atoms with Gasteiger partial charge in [-0.2, -0.15) is 0 Å². The van der Waals surface area contributed by atoms with E-state index in [2.05, 4.69) is 50.2 Å². The van der Waals surface area contributed by atoms with Crippen LogP contribution in [0.1, 0.15) is 31.4 Å². The molecule has 2 aromatic rings. The highest BCUT2D eigenvalue weighted by Gasteiger charge is 2.29. The molecule has 3 rings (SSSR count). The molecule has 0 heteroatoms. The van der Waals surface area contributed by atoms with E-state index in [0.29, 0.717) is 5.41 Å². The van der Waals surface area contributed by atoms with Gasteiger partial charge in [-0.3, -0.25) is 0 Å². The van der Waals surface area contributed by atoms with Crippen molar-refractivity contribution in [1.82, 2.24) is 0 Å². The van der Waals surface area contributed by atoms with Crippen LogP contribution in [0.25, 0.3) is 10.8 Å². The van der Waals surface area contributed by atoms with Crippen LogP contribution >= 0.6 is 0 Å². The standard InChI is InChI=1S/C15H16/c1-15(2)8-7-13-9-11-5-3-4-6-12(11)10-14(13)15/h3-6,9-10H,7-8H2,1-2H3. The number of rotatable bonds is 0. The summed E-state index contributed by atoms with van der Waals surface area (Å²) in [7, 11) is 0. The van der Waals surface area contributed by atoms with Gasteiger partial charge in [-0.15, -0.1) is 0 Å². The number of hydrogen-bond donors (Lipinski definition) is 0. The Morgan fingerprint density at radius 3 is 2.40 bits per heavy atom. The van der Waals surface area contributed by atoms with Gasteiger partial charge in [0, 0.05) is 0 Å². The maximum atomic E-state index is 2.39. The van der Waals surface area contributed by atoms with E-state index in [1.807, 2.05) is 0 Å². The van der Waals surface area contributed by atoms with Crippen molar-refractivity contribution in [2.24, 2.45) is 0 Å². The predicted molar refractivity (Wildman–Crippen MR) is 65.3 cm³/mol. The van der Waals surface area contributed by atoms with Gasteiger partial charge >= 0.3 is 0 Å². The molecule has 0 spiro atoms. The number of benzene rings is 2. The van der Waals surface area contributed by atoms with Crippen LogP contribution in [0, 0.1) is 0 Å². The van der Waals surface area contributed by atoms with Crippen molar-refractivity contribution >= 4 is 10.8 Å². The first-order valence-corrected chi connectivity index (χ1v) is 5.69. The first kappa shape index (κ1) is 8.96. The molecule has 0 heterocycles. The van der Waals surface area contributed by atoms with Crippen molar-refractivity contribution in [3.05, 3.63) is 47.5 Å². The topological polar surface area (TPSA) is 0 Å². The van der Waals surface area contributed by atoms with Crippen LogP contribution in [-0.2, 0) is 11.8 Å². The lowest BCUT2D eigenvalue weighted by Crippen LogP contribution is -2.11. The summed E-state index contributed by atoms with van der Waals surface area (Å²) in [5.74, 6) is 0. The van der Waals surface area contributed by atoms with Crippen molar-refractivity contribution in [3.63, 3.8) is 0 Å². The zero-order valence-electron chi connectivity index (χ0n) is 9.38. The largest absolute Gasteiger partial charge is 0.0616 e. The summed E-state index contributed by atoms with van der Waals surface area (Å²) in [6.07, 6.45) is 2.53. The monoisotopic (exact) mass is 196 g/mol. The van der Waals surface area contributed by atoms with Gasteiger partial charge in [0.15, 0.2) is 0 Å². The van der Waals surface area contributed by atoms with Gasteiger partial charge in [0.1, 0.15) is 0 Å². The van der Waals surface area contributed by atoms with E-state index in [1.165, 1.54) is 23.6 Å². The quantitative estimate of drug-likeness (QED) is 0.596. The van der Waals surface area contributed by atoms with Crippen molar-refractivity contribution in [1.29, 1.82) is 0 Å². The fraction of sp³-hybridized carbons (Fsp3) is 0.333. The van der Waals surface area contributed by atoms with Gasteiger partial charge in [-0.25, -0.2) is 0 Å². The average molecular weight is 196 g/mol. The van der Waals surface area contributed by atoms with Crippen molar-refractivity contribution in [2.75, 3.05) is 0 Å². The summed E-state index contributed by atoms with van der Waals surface area (Å²) in [6, 6.07) is 13.4. The van der Waals surface area contributed by atoms with E-state index in [4.69, 9.17) is 0 Å². The van der Waals surface area contributed by atoms with Gasteiger partial charge in [0.05, 0.1) is 0 Å². The highest BCUT2D eigenvalue weighted by atomic mass is 14.3. The molecule has 0 N–H and O–H groups in total. The summed E-state index contributed by atoms with van der Waals surface area (Å²) in [6.45, 7) is 4.71. The van der Waals surface area contributed by atoms with Gasteiger partial charge < -0.3 is 0 Å². The van der Waals surface area contributed by atoms with Crippen LogP contribution in [0.15, 0.2) is 36.4 Å². The van der Waals surface area contributed by atoms with E-state index in [1.54, 1.807) is 11.1 Å². The molecule has 2 aromatic carbocycles. The number of hydrogen-bond acceptors (Lipinski definition) is 0. The molecule has 0 saturated carbocycles. The molecule has 0 radical (unpaired) electrons. The minimum atomic E-state index is 0.374. The Labute approximate surface area is 90.9 Å². The maximum Gasteiger partial charge on any atom is -0.00974 e. The molecule has 15 heavy (non-hydrogen) atoms. The summed E-state index contributed by atoms with van der Waals surface area (Å²) in [4.78, 5) is 0. The molecule has 0 amide bonds. The van der Waals surface area contributed by atoms with E-state index in [0.717, 1.165) is 0 Å². The van der Waals surface area contributed by atoms with E-state index >= 15 is 0 Å². The van der Waals surface area contributed by atoms with Crippen molar-refractivity contribution in [3.8, 4) is 0 Å². The lowest BCUT2D eigenvalue weighted by molar-refractivity contribution is 0.522. The Balaban J connectivity index is 2.33. The van der Waals surface area contributed by atoms with Crippen LogP contribution in [0.3, 0.4) is 0 Å². The lowest BCUT2D eigenvalue weighted by atomic mass is 9.86. The second kappa shape index (κ2) is 2.85. The van der Waals surface area contributed by atoms with Gasteiger partial charge in [-0.1, -0.05) is 50.2 Å². The second-order valence-electron chi connectivity index (χ2n) is 5.24. The Morgan fingerprint density at radius 1 is 1.00 bits per heavy atom. The average Bonchev–Trinajstić information content (AvgIpc) is 2.52. The molecule has 0 fully saturated rings. The third kappa shape index (κ3) is 1.28. The van der Waals surface area contributed by atoms with E-state index in [9.17, 15) is 0 Å². The molecule has 0 nitrogen and oxygen atoms in total. The Hall–Kier alpha value is -1.30. The molecule has 0 saturated heterocycles. The molecular formula is C15H16. The SMILES string of the molecule is CC1(C)CCc2cc3ccccc3cc21. The molecule has 0 bridgehead atoms. The fourth-order valence-corrected chi connectivity index (χ4v) is 2.71. The third-order valence-corrected chi connectivity index (χ3v) is 3.72. The van der Waals surface area contributed by atoms with Crippen LogP contribution in [0.5, 0.6) is 0 Å². The highest BCUT2D eigenvalue weighted by Crippen LogP contribution is 2.40. The van der Waals surface area contributed by atoms with Crippen molar-refractivity contribution in [2.45, 2.75) is 32.1 Å². The summed E-state index contributed by atoms with van der Waals surface area (Å²) >= 11 is 0. The second-order valence-corrected chi connectivity index (χ2v) is 5.24. The first-order chi connectivity index (χ1) is 7.17. The predicted octanol–water partition coefficient (Wildman–Crippen LogP) is 4.06. The normalized spacial score (nSPS) is 18.0. The molecular weight excluding hydrogens is 180 g/mol. The summed E-state index contributed by atoms with van der Waals surface area (Å²) in [5, 5.41) is 2.76. The summed E-state index contributed by atoms with van der Waals surface area (Å²) in [5.41, 5.74) is 3.49. The van der Waals surface area contributed by atoms with Gasteiger partial charge in [-0.05, 0) is 40.2 Å². The molecule has 0 aliphatic heterocycles. The van der Waals surface area contributed by atoms with E-state index < -0.39 is 0 Å². The molecule has 1 aliphatic carbocycles. The van der Waals surface area contributed by atoms with Gasteiger partial charge in [0.2, 0.25) is 0 Å². The molecule has 0 unspecified atom stereocenters. The molecule has 0 aromatic heterocycles. The zero-order chi connectivity index (χ0) is 10.5. The lowest BCUT2D eigenvalue weighted by Gasteiger charge is -2.19. The zero-order valence-corrected chi connectivity index (χ0v) is 9.38. The molecule has 76 valence electrons. The number of fused-ring (bicyclic) bond motifs is 2. The Morgan fingerprint density at radius 2 is 1.67 bits per heavy atom. The molecule has 0 atom stereocenters. The number of aryl methyl sites for hydroxylation is 1. The van der Waals surface area contributed by atoms with Crippen LogP contribution in [-0.4, -0.2) is 0 Å². The van der Waals surface area contributed by atoms with E-state index in [-0.39, 0.29) is 0 Å². The van der Waals surface area contributed by atoms with Crippen LogP contribution < -0.4 is 0 Å². The third-order valence-electron chi connectivity index (χ3n) is 3.72. The Bertz CT molecular complexity index is 521. The fourth-order valence-electron chi connectivity index (χ4n) is 2.71. The van der Waals surface area contributed by atoms with Crippen molar-refractivity contribution < 1.29 is 0 Å². The maximum absolute atomic E-state index is 2.39. The van der Waals surface area contributed by atoms with Crippen LogP contribution in [0.4, 0.5) is 0 Å². The smallest absolute Gasteiger partial charge is 0.00974 e. The molecule has 1 aliphatic rings. The highest BCUT2D eigenvalue weighted by molar-refractivity contribution is 5.84. The minimum absolute atomic E-state index is 0.374. The Kier molecular flexibility index (Phi) is 1.70. The van der Waals surface area contributed by atoms with Gasteiger partial charge in [0.25, 0.3) is 0 Å². The van der Waals surface area contributed by atoms with Crippen LogP contribution in [0.2, 0.25) is 0 Å². The summed E-state index contributed by atoms with van der Waals surface area (Å²) < 4.78 is 0.